The van der Waals surface area contributed by atoms with Crippen molar-refractivity contribution in [2.75, 3.05) is 0 Å². The lowest BCUT2D eigenvalue weighted by atomic mass is 10.0. The second-order valence-corrected chi connectivity index (χ2v) is 8.12. The zero-order chi connectivity index (χ0) is 22.0. The average molecular weight is 504 g/mol. The van der Waals surface area contributed by atoms with E-state index in [-0.39, 0.29) is 31.2 Å². The maximum atomic E-state index is 11.3. The molecule has 0 radical (unpaired) electrons. The predicted molar refractivity (Wildman–Crippen MR) is 119 cm³/mol. The van der Waals surface area contributed by atoms with E-state index in [1.54, 1.807) is 0 Å². The van der Waals surface area contributed by atoms with Crippen LogP contribution in [0.4, 0.5) is 4.79 Å². The van der Waals surface area contributed by atoms with E-state index >= 15 is 0 Å². The number of carbonyl (C=O) groups excluding carboxylic acids is 2. The van der Waals surface area contributed by atoms with Gasteiger partial charge in [-0.2, -0.15) is 0 Å². The Labute approximate surface area is 187 Å². The van der Waals surface area contributed by atoms with Crippen LogP contribution in [0.2, 0.25) is 0 Å². The van der Waals surface area contributed by atoms with Crippen LogP contribution in [0.1, 0.15) is 90.9 Å². The first-order chi connectivity index (χ1) is 13.1. The second-order valence-electron chi connectivity index (χ2n) is 6.61. The lowest BCUT2D eigenvalue weighted by Gasteiger charge is -2.21. The molecule has 3 amide bonds. The van der Waals surface area contributed by atoms with Crippen molar-refractivity contribution in [1.29, 1.82) is 0 Å². The van der Waals surface area contributed by atoms with Crippen molar-refractivity contribution < 1.29 is 29.4 Å². The van der Waals surface area contributed by atoms with Gasteiger partial charge in [-0.15, -0.1) is 12.4 Å². The summed E-state index contributed by atoms with van der Waals surface area (Å²) in [6.07, 6.45) is 9.74. The van der Waals surface area contributed by atoms with Crippen LogP contribution >= 0.6 is 28.3 Å². The SMILES string of the molecule is CCC(Br)(CC)C(=O)NC(N)=O.Cl.O=C(O)CCCCCCCCCCC(=O)O. The van der Waals surface area contributed by atoms with Crippen molar-refractivity contribution in [3.05, 3.63) is 0 Å². The number of halogens is 2. The monoisotopic (exact) mass is 502 g/mol. The summed E-state index contributed by atoms with van der Waals surface area (Å²) < 4.78 is -0.665. The van der Waals surface area contributed by atoms with Gasteiger partial charge in [0.2, 0.25) is 5.91 Å². The van der Waals surface area contributed by atoms with Crippen LogP contribution in [0.15, 0.2) is 0 Å². The van der Waals surface area contributed by atoms with E-state index < -0.39 is 22.3 Å². The lowest BCUT2D eigenvalue weighted by molar-refractivity contribution is -0.138. The number of nitrogens with one attached hydrogen (secondary N) is 1. The summed E-state index contributed by atoms with van der Waals surface area (Å²) in [6, 6.07) is -0.814. The minimum absolute atomic E-state index is 0. The van der Waals surface area contributed by atoms with E-state index in [9.17, 15) is 19.2 Å². The largest absolute Gasteiger partial charge is 0.481 e. The van der Waals surface area contributed by atoms with Crippen molar-refractivity contribution in [2.45, 2.75) is 95.2 Å². The Bertz CT molecular complexity index is 465. The van der Waals surface area contributed by atoms with Crippen molar-refractivity contribution in [3.63, 3.8) is 0 Å². The van der Waals surface area contributed by atoms with Crippen LogP contribution in [0.25, 0.3) is 0 Å². The van der Waals surface area contributed by atoms with Gasteiger partial charge in [0, 0.05) is 12.8 Å². The molecule has 172 valence electrons. The van der Waals surface area contributed by atoms with Crippen molar-refractivity contribution in [1.82, 2.24) is 5.32 Å². The topological polar surface area (TPSA) is 147 Å². The van der Waals surface area contributed by atoms with Crippen LogP contribution < -0.4 is 11.1 Å². The van der Waals surface area contributed by atoms with E-state index in [1.807, 2.05) is 19.2 Å². The van der Waals surface area contributed by atoms with Gasteiger partial charge in [0.05, 0.1) is 0 Å². The molecule has 0 aromatic heterocycles. The lowest BCUT2D eigenvalue weighted by Crippen LogP contribution is -2.46. The van der Waals surface area contributed by atoms with E-state index in [0.717, 1.165) is 51.4 Å². The molecule has 0 heterocycles. The van der Waals surface area contributed by atoms with Gasteiger partial charge in [0.25, 0.3) is 0 Å². The number of unbranched alkanes of at least 4 members (excludes halogenated alkanes) is 7. The number of urea groups is 1. The summed E-state index contributed by atoms with van der Waals surface area (Å²) in [5, 5.41) is 18.9. The van der Waals surface area contributed by atoms with E-state index in [4.69, 9.17) is 15.9 Å². The zero-order valence-electron chi connectivity index (χ0n) is 17.4. The molecule has 0 spiro atoms. The van der Waals surface area contributed by atoms with E-state index in [1.165, 1.54) is 0 Å². The van der Waals surface area contributed by atoms with Gasteiger partial charge < -0.3 is 15.9 Å². The van der Waals surface area contributed by atoms with E-state index in [0.29, 0.717) is 12.8 Å². The molecule has 0 saturated heterocycles. The summed E-state index contributed by atoms with van der Waals surface area (Å²) in [7, 11) is 0. The number of primary amides is 1. The van der Waals surface area contributed by atoms with E-state index in [2.05, 4.69) is 15.9 Å². The minimum atomic E-state index is -0.814. The van der Waals surface area contributed by atoms with Crippen LogP contribution in [-0.4, -0.2) is 38.4 Å². The number of alkyl halides is 1. The maximum Gasteiger partial charge on any atom is 0.318 e. The van der Waals surface area contributed by atoms with Crippen LogP contribution in [-0.2, 0) is 14.4 Å². The fourth-order valence-electron chi connectivity index (χ4n) is 2.41. The van der Waals surface area contributed by atoms with Crippen molar-refractivity contribution >= 4 is 52.2 Å². The van der Waals surface area contributed by atoms with Gasteiger partial charge in [0.1, 0.15) is 4.32 Å². The number of carboxylic acids is 2. The summed E-state index contributed by atoms with van der Waals surface area (Å²) in [5.41, 5.74) is 4.81. The molecule has 8 nitrogen and oxygen atoms in total. The fourth-order valence-corrected chi connectivity index (χ4v) is 2.51. The first kappa shape index (κ1) is 32.3. The van der Waals surface area contributed by atoms with Gasteiger partial charge in [0.15, 0.2) is 0 Å². The molecule has 0 atom stereocenters. The van der Waals surface area contributed by atoms with Crippen LogP contribution in [0, 0.1) is 0 Å². The Kier molecular flexibility index (Phi) is 22.2. The quantitative estimate of drug-likeness (QED) is 0.201. The standard InChI is InChI=1S/C12H22O4.C7H13BrN2O2.ClH/c13-11(14)9-7-5-3-1-2-4-6-8-10-12(15)16;1-3-7(8,4-2)5(11)10-6(9)12;/h1-10H2,(H,13,14)(H,15,16);3-4H2,1-2H3,(H3,9,10,11,12);1H. The van der Waals surface area contributed by atoms with Crippen LogP contribution in [0.3, 0.4) is 0 Å². The Hall–Kier alpha value is -1.35. The molecule has 0 unspecified atom stereocenters. The molecule has 0 bridgehead atoms. The number of amides is 3. The highest BCUT2D eigenvalue weighted by molar-refractivity contribution is 9.10. The number of imide groups is 1. The molecule has 0 aliphatic carbocycles. The van der Waals surface area contributed by atoms with Gasteiger partial charge in [-0.25, -0.2) is 4.79 Å². The molecule has 0 aliphatic heterocycles. The minimum Gasteiger partial charge on any atom is -0.481 e. The Morgan fingerprint density at radius 3 is 1.34 bits per heavy atom. The molecule has 0 rings (SSSR count). The number of hydrogen-bond donors (Lipinski definition) is 4. The highest BCUT2D eigenvalue weighted by Crippen LogP contribution is 2.26. The predicted octanol–water partition coefficient (Wildman–Crippen LogP) is 4.61. The Morgan fingerprint density at radius 1 is 0.793 bits per heavy atom. The second kappa shape index (κ2) is 19.9. The Morgan fingerprint density at radius 2 is 1.10 bits per heavy atom. The molecule has 0 aromatic carbocycles. The fraction of sp³-hybridized carbons (Fsp3) is 0.789. The molecule has 10 heteroatoms. The molecule has 29 heavy (non-hydrogen) atoms. The van der Waals surface area contributed by atoms with Gasteiger partial charge in [-0.05, 0) is 25.7 Å². The molecule has 0 aromatic rings. The molecule has 5 N–H and O–H groups in total. The number of hydrogen-bond acceptors (Lipinski definition) is 4. The Balaban J connectivity index is -0.000000468. The number of carbonyl (C=O) groups is 4. The number of carboxylic acid groups (broad SMARTS) is 2. The van der Waals surface area contributed by atoms with Gasteiger partial charge in [-0.1, -0.05) is 68.3 Å². The maximum absolute atomic E-state index is 11.3. The highest BCUT2D eigenvalue weighted by atomic mass is 79.9. The molecular formula is C19H36BrClN2O6. The van der Waals surface area contributed by atoms with Gasteiger partial charge in [-0.3, -0.25) is 19.7 Å². The van der Waals surface area contributed by atoms with Crippen LogP contribution in [0.5, 0.6) is 0 Å². The first-order valence-electron chi connectivity index (χ1n) is 9.82. The third-order valence-electron chi connectivity index (χ3n) is 4.30. The molecule has 0 fully saturated rings. The molecular weight excluding hydrogens is 468 g/mol. The smallest absolute Gasteiger partial charge is 0.318 e. The van der Waals surface area contributed by atoms with Gasteiger partial charge >= 0.3 is 18.0 Å². The number of rotatable bonds is 14. The van der Waals surface area contributed by atoms with Crippen molar-refractivity contribution in [2.24, 2.45) is 5.73 Å². The summed E-state index contributed by atoms with van der Waals surface area (Å²) in [5.74, 6) is -1.80. The third-order valence-corrected chi connectivity index (χ3v) is 5.78. The number of aliphatic carboxylic acids is 2. The zero-order valence-corrected chi connectivity index (χ0v) is 19.8. The summed E-state index contributed by atoms with van der Waals surface area (Å²) >= 11 is 3.26. The first-order valence-corrected chi connectivity index (χ1v) is 10.6. The normalized spacial score (nSPS) is 10.2. The average Bonchev–Trinajstić information content (AvgIpc) is 2.62. The summed E-state index contributed by atoms with van der Waals surface area (Å²) in [4.78, 5) is 42.1. The summed E-state index contributed by atoms with van der Waals surface area (Å²) in [6.45, 7) is 3.72. The molecule has 0 saturated carbocycles. The highest BCUT2D eigenvalue weighted by Gasteiger charge is 2.32. The number of nitrogens with two attached hydrogens (primary N) is 1. The molecule has 0 aliphatic rings. The van der Waals surface area contributed by atoms with Crippen molar-refractivity contribution in [3.8, 4) is 0 Å². The third kappa shape index (κ3) is 21.2.